The second-order valence-electron chi connectivity index (χ2n) is 4.77. The number of halogens is 2. The van der Waals surface area contributed by atoms with Gasteiger partial charge in [0.15, 0.2) is 0 Å². The third kappa shape index (κ3) is 4.35. The van der Waals surface area contributed by atoms with Crippen LogP contribution >= 0.6 is 23.2 Å². The average molecular weight is 321 g/mol. The first-order chi connectivity index (χ1) is 9.95. The number of hydrogen-bond acceptors (Lipinski definition) is 2. The second-order valence-corrected chi connectivity index (χ2v) is 5.65. The second kappa shape index (κ2) is 6.79. The molecule has 0 fully saturated rings. The van der Waals surface area contributed by atoms with Crippen molar-refractivity contribution in [3.63, 3.8) is 0 Å². The average Bonchev–Trinajstić information content (AvgIpc) is 2.37. The van der Waals surface area contributed by atoms with E-state index in [-0.39, 0.29) is 24.4 Å². The fourth-order valence-electron chi connectivity index (χ4n) is 2.17. The van der Waals surface area contributed by atoms with Crippen molar-refractivity contribution in [1.29, 1.82) is 0 Å². The molecule has 0 aliphatic carbocycles. The minimum atomic E-state index is -0.0378. The minimum absolute atomic E-state index is 0.0158. The van der Waals surface area contributed by atoms with Crippen molar-refractivity contribution in [2.45, 2.75) is 12.8 Å². The van der Waals surface area contributed by atoms with Crippen molar-refractivity contribution in [2.75, 3.05) is 0 Å². The summed E-state index contributed by atoms with van der Waals surface area (Å²) >= 11 is 11.8. The molecule has 108 valence electrons. The molecule has 0 radical (unpaired) electrons. The fraction of sp³-hybridized carbons (Fsp3) is 0.118. The van der Waals surface area contributed by atoms with E-state index in [0.29, 0.717) is 15.6 Å². The van der Waals surface area contributed by atoms with Gasteiger partial charge in [0.25, 0.3) is 0 Å². The van der Waals surface area contributed by atoms with Crippen LogP contribution in [0.3, 0.4) is 0 Å². The maximum absolute atomic E-state index is 12.2. The molecule has 0 aliphatic rings. The Hall–Kier alpha value is -1.77. The topological polar surface area (TPSA) is 37.3 Å². The Morgan fingerprint density at radius 1 is 1.05 bits per heavy atom. The van der Waals surface area contributed by atoms with Crippen LogP contribution in [0.2, 0.25) is 10.0 Å². The molecule has 0 atom stereocenters. The molecule has 2 nitrogen and oxygen atoms in total. The van der Waals surface area contributed by atoms with Gasteiger partial charge in [-0.15, -0.1) is 0 Å². The van der Waals surface area contributed by atoms with Gasteiger partial charge in [0.1, 0.15) is 11.5 Å². The first-order valence-corrected chi connectivity index (χ1v) is 7.14. The van der Waals surface area contributed by atoms with Gasteiger partial charge < -0.3 is 5.11 Å². The van der Waals surface area contributed by atoms with E-state index in [1.54, 1.807) is 36.4 Å². The van der Waals surface area contributed by atoms with Gasteiger partial charge in [0.2, 0.25) is 0 Å². The van der Waals surface area contributed by atoms with Gasteiger partial charge >= 0.3 is 0 Å². The van der Waals surface area contributed by atoms with Crippen LogP contribution in [-0.2, 0) is 17.6 Å². The van der Waals surface area contributed by atoms with Crippen molar-refractivity contribution in [3.8, 4) is 0 Å². The summed E-state index contributed by atoms with van der Waals surface area (Å²) in [7, 11) is 0. The lowest BCUT2D eigenvalue weighted by molar-refractivity contribution is -0.117. The molecule has 1 N–H and O–H groups in total. The summed E-state index contributed by atoms with van der Waals surface area (Å²) in [5.74, 6) is -0.0220. The highest BCUT2D eigenvalue weighted by Gasteiger charge is 2.11. The maximum atomic E-state index is 12.2. The summed E-state index contributed by atoms with van der Waals surface area (Å²) in [5.41, 5.74) is 2.12. The Morgan fingerprint density at radius 2 is 1.67 bits per heavy atom. The van der Waals surface area contributed by atoms with Crippen LogP contribution < -0.4 is 0 Å². The molecular weight excluding hydrogens is 307 g/mol. The summed E-state index contributed by atoms with van der Waals surface area (Å²) in [4.78, 5) is 12.2. The van der Waals surface area contributed by atoms with Gasteiger partial charge in [-0.3, -0.25) is 4.79 Å². The van der Waals surface area contributed by atoms with Crippen LogP contribution in [0, 0.1) is 0 Å². The maximum Gasteiger partial charge on any atom is 0.141 e. The number of aliphatic hydroxyl groups is 1. The fourth-order valence-corrected chi connectivity index (χ4v) is 2.74. The summed E-state index contributed by atoms with van der Waals surface area (Å²) < 4.78 is 0. The molecule has 4 heteroatoms. The SMILES string of the molecule is C=C(O)c1ccccc1CC(=O)Cc1cc(Cl)cc(Cl)c1. The molecule has 0 saturated heterocycles. The van der Waals surface area contributed by atoms with Crippen molar-refractivity contribution >= 4 is 34.7 Å². The van der Waals surface area contributed by atoms with Gasteiger partial charge in [-0.05, 0) is 29.3 Å². The molecule has 0 unspecified atom stereocenters. The van der Waals surface area contributed by atoms with Gasteiger partial charge in [-0.25, -0.2) is 0 Å². The van der Waals surface area contributed by atoms with Crippen LogP contribution in [0.5, 0.6) is 0 Å². The van der Waals surface area contributed by atoms with Crippen LogP contribution in [0.1, 0.15) is 16.7 Å². The van der Waals surface area contributed by atoms with Gasteiger partial charge in [0.05, 0.1) is 0 Å². The highest BCUT2D eigenvalue weighted by Crippen LogP contribution is 2.21. The van der Waals surface area contributed by atoms with Gasteiger partial charge in [0, 0.05) is 28.5 Å². The Morgan fingerprint density at radius 3 is 2.29 bits per heavy atom. The molecule has 0 heterocycles. The Kier molecular flexibility index (Phi) is 5.05. The lowest BCUT2D eigenvalue weighted by Crippen LogP contribution is -2.08. The van der Waals surface area contributed by atoms with Crippen LogP contribution in [0.4, 0.5) is 0 Å². The molecule has 2 aromatic carbocycles. The molecule has 2 aromatic rings. The lowest BCUT2D eigenvalue weighted by atomic mass is 9.98. The summed E-state index contributed by atoms with van der Waals surface area (Å²) in [6.45, 7) is 3.51. The predicted octanol–water partition coefficient (Wildman–Crippen LogP) is 4.88. The monoisotopic (exact) mass is 320 g/mol. The molecule has 21 heavy (non-hydrogen) atoms. The largest absolute Gasteiger partial charge is 0.508 e. The Bertz CT molecular complexity index is 673. The zero-order chi connectivity index (χ0) is 15.4. The molecule has 0 bridgehead atoms. The molecule has 0 aliphatic heterocycles. The standard InChI is InChI=1S/C17H14Cl2O2/c1-11(20)17-5-3-2-4-13(17)9-16(21)8-12-6-14(18)10-15(19)7-12/h2-7,10,20H,1,8-9H2. The molecule has 0 amide bonds. The normalized spacial score (nSPS) is 10.4. The van der Waals surface area contributed by atoms with E-state index in [1.165, 1.54) is 0 Å². The number of ketones is 1. The van der Waals surface area contributed by atoms with Crippen molar-refractivity contribution in [3.05, 3.63) is 75.8 Å². The molecule has 0 spiro atoms. The number of carbonyl (C=O) groups is 1. The first-order valence-electron chi connectivity index (χ1n) is 6.38. The summed E-state index contributed by atoms with van der Waals surface area (Å²) in [6, 6.07) is 12.2. The number of Topliss-reactive ketones (excluding diaryl/α,β-unsaturated/α-hetero) is 1. The van der Waals surface area contributed by atoms with Crippen molar-refractivity contribution < 1.29 is 9.90 Å². The third-order valence-corrected chi connectivity index (χ3v) is 3.48. The summed E-state index contributed by atoms with van der Waals surface area (Å²) in [5, 5.41) is 10.6. The number of aliphatic hydroxyl groups excluding tert-OH is 1. The van der Waals surface area contributed by atoms with E-state index in [0.717, 1.165) is 11.1 Å². The molecule has 2 rings (SSSR count). The highest BCUT2D eigenvalue weighted by atomic mass is 35.5. The van der Waals surface area contributed by atoms with Crippen LogP contribution in [0.15, 0.2) is 49.0 Å². The Labute approximate surface area is 133 Å². The lowest BCUT2D eigenvalue weighted by Gasteiger charge is -2.08. The number of carbonyl (C=O) groups excluding carboxylic acids is 1. The van der Waals surface area contributed by atoms with E-state index in [2.05, 4.69) is 6.58 Å². The zero-order valence-electron chi connectivity index (χ0n) is 11.3. The number of benzene rings is 2. The van der Waals surface area contributed by atoms with Gasteiger partial charge in [-0.2, -0.15) is 0 Å². The van der Waals surface area contributed by atoms with E-state index >= 15 is 0 Å². The molecular formula is C17H14Cl2O2. The van der Waals surface area contributed by atoms with Gasteiger partial charge in [-0.1, -0.05) is 54.0 Å². The van der Waals surface area contributed by atoms with E-state index < -0.39 is 0 Å². The van der Waals surface area contributed by atoms with Crippen LogP contribution in [-0.4, -0.2) is 10.9 Å². The predicted molar refractivity (Wildman–Crippen MR) is 87.0 cm³/mol. The smallest absolute Gasteiger partial charge is 0.141 e. The first kappa shape index (κ1) is 15.6. The summed E-state index contributed by atoms with van der Waals surface area (Å²) in [6.07, 6.45) is 0.465. The Balaban J connectivity index is 2.14. The molecule has 0 aromatic heterocycles. The minimum Gasteiger partial charge on any atom is -0.508 e. The number of rotatable bonds is 5. The molecule has 0 saturated carbocycles. The van der Waals surface area contributed by atoms with Crippen molar-refractivity contribution in [2.24, 2.45) is 0 Å². The van der Waals surface area contributed by atoms with E-state index in [1.807, 2.05) is 6.07 Å². The quantitative estimate of drug-likeness (QED) is 0.797. The third-order valence-electron chi connectivity index (χ3n) is 3.04. The van der Waals surface area contributed by atoms with E-state index in [4.69, 9.17) is 23.2 Å². The zero-order valence-corrected chi connectivity index (χ0v) is 12.8. The van der Waals surface area contributed by atoms with Crippen molar-refractivity contribution in [1.82, 2.24) is 0 Å². The highest BCUT2D eigenvalue weighted by molar-refractivity contribution is 6.34. The van der Waals surface area contributed by atoms with Crippen LogP contribution in [0.25, 0.3) is 5.76 Å². The number of hydrogen-bond donors (Lipinski definition) is 1. The van der Waals surface area contributed by atoms with E-state index in [9.17, 15) is 9.90 Å².